The van der Waals surface area contributed by atoms with Gasteiger partial charge in [0, 0.05) is 44.5 Å². The monoisotopic (exact) mass is 450 g/mol. The van der Waals surface area contributed by atoms with Gasteiger partial charge in [-0.1, -0.05) is 30.3 Å². The second-order valence-electron chi connectivity index (χ2n) is 6.33. The highest BCUT2D eigenvalue weighted by Crippen LogP contribution is 2.43. The van der Waals surface area contributed by atoms with Crippen molar-refractivity contribution in [2.24, 2.45) is 10.7 Å². The van der Waals surface area contributed by atoms with Crippen molar-refractivity contribution < 1.29 is 0 Å². The number of hydrogen-bond donors (Lipinski definition) is 1. The Morgan fingerprint density at radius 3 is 2.36 bits per heavy atom. The van der Waals surface area contributed by atoms with Gasteiger partial charge in [-0.05, 0) is 18.1 Å². The summed E-state index contributed by atoms with van der Waals surface area (Å²) in [6.45, 7) is 3.45. The maximum absolute atomic E-state index is 6.24. The minimum Gasteiger partial charge on any atom is -0.370 e. The maximum atomic E-state index is 6.24. The van der Waals surface area contributed by atoms with E-state index in [1.807, 2.05) is 6.07 Å². The molecule has 0 bridgehead atoms. The van der Waals surface area contributed by atoms with Crippen LogP contribution in [0.2, 0.25) is 0 Å². The molecule has 1 aliphatic carbocycles. The molecule has 132 valence electrons. The number of benzene rings is 1. The van der Waals surface area contributed by atoms with Gasteiger partial charge in [-0.15, -0.1) is 24.0 Å². The molecule has 2 fully saturated rings. The van der Waals surface area contributed by atoms with Gasteiger partial charge in [-0.3, -0.25) is 0 Å². The van der Waals surface area contributed by atoms with Crippen LogP contribution in [0.15, 0.2) is 53.8 Å². The fourth-order valence-corrected chi connectivity index (χ4v) is 3.22. The number of aromatic nitrogens is 2. The minimum absolute atomic E-state index is 0. The molecule has 0 amide bonds. The van der Waals surface area contributed by atoms with Crippen molar-refractivity contribution in [1.82, 2.24) is 14.9 Å². The summed E-state index contributed by atoms with van der Waals surface area (Å²) in [5.41, 5.74) is 7.61. The summed E-state index contributed by atoms with van der Waals surface area (Å²) >= 11 is 0. The van der Waals surface area contributed by atoms with E-state index in [2.05, 4.69) is 50.1 Å². The van der Waals surface area contributed by atoms with Crippen molar-refractivity contribution in [2.45, 2.75) is 18.4 Å². The normalized spacial score (nSPS) is 23.1. The Morgan fingerprint density at radius 1 is 1.00 bits per heavy atom. The number of nitrogens with two attached hydrogens (primary N) is 1. The molecule has 2 unspecified atom stereocenters. The number of aliphatic imine (C=N–C) groups is 1. The van der Waals surface area contributed by atoms with E-state index in [0.29, 0.717) is 17.9 Å². The van der Waals surface area contributed by atoms with Gasteiger partial charge in [0.15, 0.2) is 5.96 Å². The smallest absolute Gasteiger partial charge is 0.225 e. The fraction of sp³-hybridized carbons (Fsp3) is 0.389. The van der Waals surface area contributed by atoms with Gasteiger partial charge >= 0.3 is 0 Å². The van der Waals surface area contributed by atoms with Crippen molar-refractivity contribution in [3.63, 3.8) is 0 Å². The van der Waals surface area contributed by atoms with Gasteiger partial charge in [0.05, 0.1) is 6.04 Å². The molecule has 2 aliphatic rings. The van der Waals surface area contributed by atoms with Crippen LogP contribution in [0.1, 0.15) is 17.9 Å². The third kappa shape index (κ3) is 4.20. The number of rotatable bonds is 3. The van der Waals surface area contributed by atoms with E-state index in [-0.39, 0.29) is 24.0 Å². The molecule has 6 nitrogen and oxygen atoms in total. The zero-order valence-electron chi connectivity index (χ0n) is 14.0. The second-order valence-corrected chi connectivity index (χ2v) is 6.33. The zero-order valence-corrected chi connectivity index (χ0v) is 16.4. The molecule has 4 rings (SSSR count). The predicted octanol–water partition coefficient (Wildman–Crippen LogP) is 2.09. The van der Waals surface area contributed by atoms with Crippen molar-refractivity contribution in [3.8, 4) is 0 Å². The maximum Gasteiger partial charge on any atom is 0.225 e. The molecule has 1 aromatic heterocycles. The number of nitrogens with zero attached hydrogens (tertiary/aromatic N) is 5. The number of anilines is 1. The molecule has 0 spiro atoms. The van der Waals surface area contributed by atoms with Crippen molar-refractivity contribution in [3.05, 3.63) is 54.4 Å². The largest absolute Gasteiger partial charge is 0.370 e. The van der Waals surface area contributed by atoms with Crippen LogP contribution >= 0.6 is 24.0 Å². The van der Waals surface area contributed by atoms with Crippen LogP contribution < -0.4 is 10.6 Å². The zero-order chi connectivity index (χ0) is 16.4. The summed E-state index contributed by atoms with van der Waals surface area (Å²) < 4.78 is 0. The van der Waals surface area contributed by atoms with Crippen LogP contribution in [0.5, 0.6) is 0 Å². The first-order valence-electron chi connectivity index (χ1n) is 8.46. The third-order valence-corrected chi connectivity index (χ3v) is 4.72. The SMILES string of the molecule is I.NC(=NC1CC1c1ccccc1)N1CCN(c2ncccn2)CC1. The number of guanidine groups is 1. The Labute approximate surface area is 165 Å². The van der Waals surface area contributed by atoms with Crippen LogP contribution in [-0.4, -0.2) is 53.0 Å². The highest BCUT2D eigenvalue weighted by atomic mass is 127. The van der Waals surface area contributed by atoms with Gasteiger partial charge in [0.1, 0.15) is 0 Å². The van der Waals surface area contributed by atoms with Gasteiger partial charge in [-0.2, -0.15) is 0 Å². The summed E-state index contributed by atoms with van der Waals surface area (Å²) in [7, 11) is 0. The fourth-order valence-electron chi connectivity index (χ4n) is 3.22. The Kier molecular flexibility index (Phi) is 5.72. The Hall–Kier alpha value is -1.90. The lowest BCUT2D eigenvalue weighted by Gasteiger charge is -2.35. The summed E-state index contributed by atoms with van der Waals surface area (Å²) in [6, 6.07) is 12.7. The van der Waals surface area contributed by atoms with E-state index < -0.39 is 0 Å². The molecule has 2 atom stereocenters. The van der Waals surface area contributed by atoms with Crippen LogP contribution in [0.4, 0.5) is 5.95 Å². The molecule has 2 aromatic rings. The molecule has 25 heavy (non-hydrogen) atoms. The molecule has 1 aromatic carbocycles. The molecular weight excluding hydrogens is 427 g/mol. The molecule has 2 N–H and O–H groups in total. The molecule has 2 heterocycles. The first kappa shape index (κ1) is 17.9. The second kappa shape index (κ2) is 7.99. The molecule has 1 saturated heterocycles. The summed E-state index contributed by atoms with van der Waals surface area (Å²) in [6.07, 6.45) is 4.66. The topological polar surface area (TPSA) is 70.6 Å². The van der Waals surface area contributed by atoms with Gasteiger partial charge in [-0.25, -0.2) is 15.0 Å². The quantitative estimate of drug-likeness (QED) is 0.441. The lowest BCUT2D eigenvalue weighted by atomic mass is 10.1. The van der Waals surface area contributed by atoms with E-state index in [9.17, 15) is 0 Å². The lowest BCUT2D eigenvalue weighted by Crippen LogP contribution is -2.51. The molecule has 7 heteroatoms. The van der Waals surface area contributed by atoms with Gasteiger partial charge < -0.3 is 15.5 Å². The van der Waals surface area contributed by atoms with E-state index in [1.54, 1.807) is 12.4 Å². The van der Waals surface area contributed by atoms with Crippen LogP contribution in [0.25, 0.3) is 0 Å². The number of piperazine rings is 1. The highest BCUT2D eigenvalue weighted by molar-refractivity contribution is 14.0. The average Bonchev–Trinajstić information content (AvgIpc) is 3.42. The van der Waals surface area contributed by atoms with E-state index in [0.717, 1.165) is 38.5 Å². The van der Waals surface area contributed by atoms with Crippen LogP contribution in [-0.2, 0) is 0 Å². The average molecular weight is 450 g/mol. The standard InChI is InChI=1S/C18H22N6.HI/c19-17(22-16-13-15(16)14-5-2-1-3-6-14)23-9-11-24(12-10-23)18-20-7-4-8-21-18;/h1-8,15-16H,9-13H2,(H2,19,22);1H. The summed E-state index contributed by atoms with van der Waals surface area (Å²) in [5, 5.41) is 0. The molecule has 1 aliphatic heterocycles. The van der Waals surface area contributed by atoms with E-state index in [4.69, 9.17) is 10.7 Å². The first-order valence-corrected chi connectivity index (χ1v) is 8.46. The highest BCUT2D eigenvalue weighted by Gasteiger charge is 2.38. The molecular formula is C18H23IN6. The summed E-state index contributed by atoms with van der Waals surface area (Å²) in [5.74, 6) is 2.00. The molecule has 1 saturated carbocycles. The Balaban J connectivity index is 0.00000182. The Bertz CT molecular complexity index is 700. The van der Waals surface area contributed by atoms with Crippen molar-refractivity contribution >= 4 is 35.9 Å². The predicted molar refractivity (Wildman–Crippen MR) is 110 cm³/mol. The molecule has 0 radical (unpaired) electrons. The van der Waals surface area contributed by atoms with Gasteiger partial charge in [0.2, 0.25) is 5.95 Å². The van der Waals surface area contributed by atoms with Crippen molar-refractivity contribution in [1.29, 1.82) is 0 Å². The first-order chi connectivity index (χ1) is 11.8. The van der Waals surface area contributed by atoms with Crippen molar-refractivity contribution in [2.75, 3.05) is 31.1 Å². The van der Waals surface area contributed by atoms with Crippen LogP contribution in [0.3, 0.4) is 0 Å². The van der Waals surface area contributed by atoms with E-state index in [1.165, 1.54) is 5.56 Å². The van der Waals surface area contributed by atoms with Crippen LogP contribution in [0, 0.1) is 0 Å². The minimum atomic E-state index is 0. The number of halogens is 1. The summed E-state index contributed by atoms with van der Waals surface area (Å²) in [4.78, 5) is 17.7. The third-order valence-electron chi connectivity index (χ3n) is 4.72. The number of hydrogen-bond acceptors (Lipinski definition) is 4. The lowest BCUT2D eigenvalue weighted by molar-refractivity contribution is 0.378. The Morgan fingerprint density at radius 2 is 1.68 bits per heavy atom. The van der Waals surface area contributed by atoms with E-state index >= 15 is 0 Å². The van der Waals surface area contributed by atoms with Gasteiger partial charge in [0.25, 0.3) is 0 Å².